The maximum Gasteiger partial charge on any atom is 0.276 e. The predicted octanol–water partition coefficient (Wildman–Crippen LogP) is 3.23. The Labute approximate surface area is 211 Å². The van der Waals surface area contributed by atoms with Gasteiger partial charge in [-0.3, -0.25) is 14.4 Å². The molecule has 2 amide bonds. The van der Waals surface area contributed by atoms with Gasteiger partial charge in [-0.25, -0.2) is 8.78 Å². The molecular formula is C27H25F2N3O5. The van der Waals surface area contributed by atoms with Gasteiger partial charge in [0, 0.05) is 30.4 Å². The number of ether oxygens (including phenoxy) is 2. The van der Waals surface area contributed by atoms with Gasteiger partial charge in [0.05, 0.1) is 13.2 Å². The molecule has 10 heteroatoms. The van der Waals surface area contributed by atoms with Crippen LogP contribution in [0.1, 0.15) is 45.3 Å². The highest BCUT2D eigenvalue weighted by Crippen LogP contribution is 2.30. The zero-order valence-electron chi connectivity index (χ0n) is 20.1. The zero-order valence-corrected chi connectivity index (χ0v) is 20.1. The van der Waals surface area contributed by atoms with Gasteiger partial charge in [-0.1, -0.05) is 36.4 Å². The van der Waals surface area contributed by atoms with Crippen LogP contribution in [-0.2, 0) is 24.4 Å². The van der Waals surface area contributed by atoms with E-state index in [0.29, 0.717) is 19.1 Å². The van der Waals surface area contributed by atoms with Crippen molar-refractivity contribution in [1.29, 1.82) is 0 Å². The summed E-state index contributed by atoms with van der Waals surface area (Å²) in [5.41, 5.74) is -0.131. The third-order valence-corrected chi connectivity index (χ3v) is 6.58. The lowest BCUT2D eigenvalue weighted by molar-refractivity contribution is -0.112. The van der Waals surface area contributed by atoms with Crippen LogP contribution >= 0.6 is 0 Å². The Morgan fingerprint density at radius 2 is 1.95 bits per heavy atom. The molecule has 3 heterocycles. The summed E-state index contributed by atoms with van der Waals surface area (Å²) in [4.78, 5) is 41.7. The lowest BCUT2D eigenvalue weighted by atomic mass is 10.1. The van der Waals surface area contributed by atoms with E-state index in [4.69, 9.17) is 9.47 Å². The highest BCUT2D eigenvalue weighted by atomic mass is 19.1. The Kier molecular flexibility index (Phi) is 6.75. The molecule has 0 saturated carbocycles. The molecule has 1 aromatic heterocycles. The second-order valence-electron chi connectivity index (χ2n) is 9.07. The number of amides is 2. The lowest BCUT2D eigenvalue weighted by Gasteiger charge is -2.44. The Morgan fingerprint density at radius 3 is 2.70 bits per heavy atom. The number of fused-ring (bicyclic) bond motifs is 2. The van der Waals surface area contributed by atoms with Crippen molar-refractivity contribution in [2.24, 2.45) is 0 Å². The van der Waals surface area contributed by atoms with Crippen LogP contribution in [0, 0.1) is 11.6 Å². The Morgan fingerprint density at radius 1 is 1.16 bits per heavy atom. The Hall–Kier alpha value is -4.05. The number of aromatic nitrogens is 1. The smallest absolute Gasteiger partial charge is 0.276 e. The average molecular weight is 510 g/mol. The van der Waals surface area contributed by atoms with Crippen LogP contribution in [0.25, 0.3) is 0 Å². The van der Waals surface area contributed by atoms with E-state index >= 15 is 0 Å². The van der Waals surface area contributed by atoms with E-state index in [0.717, 1.165) is 11.6 Å². The number of rotatable bonds is 6. The normalized spacial score (nSPS) is 18.7. The molecule has 1 unspecified atom stereocenters. The van der Waals surface area contributed by atoms with Crippen molar-refractivity contribution >= 4 is 11.8 Å². The van der Waals surface area contributed by atoms with E-state index in [2.05, 4.69) is 5.32 Å². The zero-order chi connectivity index (χ0) is 26.1. The number of halogens is 2. The highest BCUT2D eigenvalue weighted by molar-refractivity contribution is 5.99. The van der Waals surface area contributed by atoms with Gasteiger partial charge >= 0.3 is 0 Å². The van der Waals surface area contributed by atoms with Gasteiger partial charge in [-0.05, 0) is 25.0 Å². The first-order valence-corrected chi connectivity index (χ1v) is 11.9. The monoisotopic (exact) mass is 509 g/mol. The van der Waals surface area contributed by atoms with Crippen molar-refractivity contribution in [3.05, 3.63) is 99.0 Å². The first kappa shape index (κ1) is 24.6. The van der Waals surface area contributed by atoms with Gasteiger partial charge in [0.1, 0.15) is 23.8 Å². The molecule has 2 aromatic carbocycles. The fourth-order valence-corrected chi connectivity index (χ4v) is 4.60. The predicted molar refractivity (Wildman–Crippen MR) is 129 cm³/mol. The van der Waals surface area contributed by atoms with Crippen LogP contribution in [0.5, 0.6) is 5.75 Å². The molecule has 0 spiro atoms. The summed E-state index contributed by atoms with van der Waals surface area (Å²) in [6, 6.07) is 12.0. The highest BCUT2D eigenvalue weighted by Gasteiger charge is 2.41. The second kappa shape index (κ2) is 10.1. The minimum absolute atomic E-state index is 0.0116. The van der Waals surface area contributed by atoms with Crippen molar-refractivity contribution < 1.29 is 27.8 Å². The third-order valence-electron chi connectivity index (χ3n) is 6.58. The molecule has 37 heavy (non-hydrogen) atoms. The largest absolute Gasteiger partial charge is 0.483 e. The van der Waals surface area contributed by atoms with Crippen molar-refractivity contribution in [2.45, 2.75) is 45.3 Å². The molecule has 2 aliphatic heterocycles. The number of carbonyl (C=O) groups is 2. The van der Waals surface area contributed by atoms with E-state index in [1.165, 1.54) is 16.8 Å². The van der Waals surface area contributed by atoms with E-state index in [-0.39, 0.29) is 48.3 Å². The molecule has 8 nitrogen and oxygen atoms in total. The molecule has 1 fully saturated rings. The molecule has 5 rings (SSSR count). The van der Waals surface area contributed by atoms with Crippen LogP contribution in [0.2, 0.25) is 0 Å². The van der Waals surface area contributed by atoms with Crippen LogP contribution < -0.4 is 15.5 Å². The van der Waals surface area contributed by atoms with Crippen LogP contribution in [0.4, 0.5) is 8.78 Å². The summed E-state index contributed by atoms with van der Waals surface area (Å²) in [5, 5.41) is 2.50. The van der Waals surface area contributed by atoms with Gasteiger partial charge in [0.2, 0.25) is 5.43 Å². The molecule has 0 radical (unpaired) electrons. The quantitative estimate of drug-likeness (QED) is 0.551. The van der Waals surface area contributed by atoms with Gasteiger partial charge in [-0.2, -0.15) is 0 Å². The summed E-state index contributed by atoms with van der Waals surface area (Å²) in [6.07, 6.45) is 1.42. The van der Waals surface area contributed by atoms with Gasteiger partial charge in [-0.15, -0.1) is 0 Å². The number of hydrogen-bond donors (Lipinski definition) is 1. The topological polar surface area (TPSA) is 89.9 Å². The van der Waals surface area contributed by atoms with Crippen LogP contribution in [-0.4, -0.2) is 40.2 Å². The van der Waals surface area contributed by atoms with Crippen molar-refractivity contribution in [3.63, 3.8) is 0 Å². The molecule has 1 N–H and O–H groups in total. The first-order valence-electron chi connectivity index (χ1n) is 11.9. The number of carbonyl (C=O) groups excluding carboxylic acids is 2. The summed E-state index contributed by atoms with van der Waals surface area (Å²) < 4.78 is 40.4. The number of nitrogens with zero attached hydrogens (tertiary/aromatic N) is 2. The lowest BCUT2D eigenvalue weighted by Crippen LogP contribution is -2.57. The minimum atomic E-state index is -0.816. The second-order valence-corrected chi connectivity index (χ2v) is 9.07. The number of hydrogen-bond acceptors (Lipinski definition) is 5. The summed E-state index contributed by atoms with van der Waals surface area (Å²) in [5.74, 6) is -2.97. The molecule has 2 atom stereocenters. The third kappa shape index (κ3) is 4.84. The average Bonchev–Trinajstić information content (AvgIpc) is 2.88. The summed E-state index contributed by atoms with van der Waals surface area (Å²) in [6.45, 7) is 2.36. The fraction of sp³-hybridized carbons (Fsp3) is 0.296. The maximum atomic E-state index is 14.0. The van der Waals surface area contributed by atoms with Gasteiger partial charge < -0.3 is 24.3 Å². The number of benzene rings is 2. The standard InChI is InChI=1S/C27H25F2N3O5/c1-16-9-10-36-22-14-31-13-20(26(34)30-12-18-7-8-19(28)11-21(18)29)24(33)25(23(31)27(35)32(16)22)37-15-17-5-3-2-4-6-17/h2-8,11,13,16,22H,9-10,12,14-15H2,1H3,(H,30,34)/t16-,22?/m1/s1. The summed E-state index contributed by atoms with van der Waals surface area (Å²) in [7, 11) is 0. The molecule has 192 valence electrons. The van der Waals surface area contributed by atoms with Crippen molar-refractivity contribution in [2.75, 3.05) is 6.61 Å². The number of nitrogens with one attached hydrogen (secondary N) is 1. The fourth-order valence-electron chi connectivity index (χ4n) is 4.60. The molecular weight excluding hydrogens is 484 g/mol. The Bertz CT molecular complexity index is 1410. The van der Waals surface area contributed by atoms with Gasteiger partial charge in [0.15, 0.2) is 17.7 Å². The molecule has 1 saturated heterocycles. The van der Waals surface area contributed by atoms with E-state index in [9.17, 15) is 23.2 Å². The SMILES string of the molecule is C[C@@H]1CCOC2Cn3cc(C(=O)NCc4ccc(F)cc4F)c(=O)c(OCc4ccccc4)c3C(=O)N21. The molecule has 0 aliphatic carbocycles. The Balaban J connectivity index is 1.50. The van der Waals surface area contributed by atoms with E-state index in [1.807, 2.05) is 37.3 Å². The van der Waals surface area contributed by atoms with Gasteiger partial charge in [0.25, 0.3) is 11.8 Å². The minimum Gasteiger partial charge on any atom is -0.483 e. The van der Waals surface area contributed by atoms with Crippen LogP contribution in [0.15, 0.2) is 59.5 Å². The molecule has 2 aliphatic rings. The molecule has 0 bridgehead atoms. The van der Waals surface area contributed by atoms with E-state index in [1.54, 1.807) is 4.90 Å². The van der Waals surface area contributed by atoms with Crippen LogP contribution in [0.3, 0.4) is 0 Å². The summed E-state index contributed by atoms with van der Waals surface area (Å²) >= 11 is 0. The molecule has 3 aromatic rings. The van der Waals surface area contributed by atoms with Crippen molar-refractivity contribution in [3.8, 4) is 5.75 Å². The number of pyridine rings is 1. The maximum absolute atomic E-state index is 14.0. The van der Waals surface area contributed by atoms with Crippen molar-refractivity contribution in [1.82, 2.24) is 14.8 Å². The van der Waals surface area contributed by atoms with E-state index < -0.39 is 35.1 Å². The first-order chi connectivity index (χ1) is 17.8.